The standard InChI is InChI=1S/C14H22N4S/c1-12(2)18-14(3,10-15)7-4-5-9-19-13-6-8-16-11-17-13/h6,8,11-12,18H,4-5,7,9H2,1-3H3. The summed E-state index contributed by atoms with van der Waals surface area (Å²) in [5.74, 6) is 1.03. The first kappa shape index (κ1) is 15.9. The van der Waals surface area contributed by atoms with Crippen LogP contribution in [0, 0.1) is 11.3 Å². The summed E-state index contributed by atoms with van der Waals surface area (Å²) >= 11 is 1.74. The van der Waals surface area contributed by atoms with Crippen molar-refractivity contribution in [3.05, 3.63) is 18.6 Å². The van der Waals surface area contributed by atoms with Crippen molar-refractivity contribution < 1.29 is 0 Å². The van der Waals surface area contributed by atoms with Gasteiger partial charge in [0.15, 0.2) is 0 Å². The molecule has 5 heteroatoms. The van der Waals surface area contributed by atoms with E-state index in [2.05, 4.69) is 35.2 Å². The summed E-state index contributed by atoms with van der Waals surface area (Å²) in [6.45, 7) is 6.12. The minimum absolute atomic E-state index is 0.333. The van der Waals surface area contributed by atoms with Crippen LogP contribution in [0.2, 0.25) is 0 Å². The highest BCUT2D eigenvalue weighted by Gasteiger charge is 2.23. The molecule has 104 valence electrons. The van der Waals surface area contributed by atoms with Gasteiger partial charge >= 0.3 is 0 Å². The number of hydrogen-bond acceptors (Lipinski definition) is 5. The van der Waals surface area contributed by atoms with Crippen LogP contribution in [0.1, 0.15) is 40.0 Å². The predicted octanol–water partition coefficient (Wildman–Crippen LogP) is 3.02. The molecule has 1 unspecified atom stereocenters. The van der Waals surface area contributed by atoms with Gasteiger partial charge in [-0.15, -0.1) is 11.8 Å². The van der Waals surface area contributed by atoms with Crippen LogP contribution < -0.4 is 5.32 Å². The van der Waals surface area contributed by atoms with Gasteiger partial charge in [0.1, 0.15) is 11.9 Å². The van der Waals surface area contributed by atoms with E-state index >= 15 is 0 Å². The van der Waals surface area contributed by atoms with Gasteiger partial charge in [0.2, 0.25) is 0 Å². The van der Waals surface area contributed by atoms with Crippen LogP contribution in [0.25, 0.3) is 0 Å². The topological polar surface area (TPSA) is 61.6 Å². The average molecular weight is 278 g/mol. The van der Waals surface area contributed by atoms with Crippen LogP contribution >= 0.6 is 11.8 Å². The van der Waals surface area contributed by atoms with Crippen molar-refractivity contribution in [1.82, 2.24) is 15.3 Å². The molecule has 0 saturated heterocycles. The molecule has 0 spiro atoms. The van der Waals surface area contributed by atoms with Gasteiger partial charge in [-0.3, -0.25) is 5.32 Å². The van der Waals surface area contributed by atoms with Crippen molar-refractivity contribution in [2.75, 3.05) is 5.75 Å². The maximum atomic E-state index is 9.23. The number of unbranched alkanes of at least 4 members (excludes halogenated alkanes) is 1. The number of nitriles is 1. The van der Waals surface area contributed by atoms with Gasteiger partial charge in [-0.1, -0.05) is 0 Å². The van der Waals surface area contributed by atoms with E-state index in [0.717, 1.165) is 30.0 Å². The maximum absolute atomic E-state index is 9.23. The lowest BCUT2D eigenvalue weighted by Gasteiger charge is -2.25. The van der Waals surface area contributed by atoms with Crippen molar-refractivity contribution >= 4 is 11.8 Å². The summed E-state index contributed by atoms with van der Waals surface area (Å²) in [7, 11) is 0. The number of hydrogen-bond donors (Lipinski definition) is 1. The quantitative estimate of drug-likeness (QED) is 0.450. The SMILES string of the molecule is CC(C)NC(C)(C#N)CCCCSc1ccncn1. The molecule has 0 fully saturated rings. The molecule has 0 bridgehead atoms. The number of nitrogens with zero attached hydrogens (tertiary/aromatic N) is 3. The zero-order chi connectivity index (χ0) is 14.1. The Kier molecular flexibility index (Phi) is 6.82. The van der Waals surface area contributed by atoms with E-state index in [1.807, 2.05) is 13.0 Å². The Morgan fingerprint density at radius 1 is 1.47 bits per heavy atom. The Balaban J connectivity index is 2.21. The summed E-state index contributed by atoms with van der Waals surface area (Å²) in [6, 6.07) is 4.63. The monoisotopic (exact) mass is 278 g/mol. The fourth-order valence-corrected chi connectivity index (χ4v) is 2.76. The molecule has 1 atom stereocenters. The Hall–Kier alpha value is -1.12. The zero-order valence-corrected chi connectivity index (χ0v) is 12.7. The average Bonchev–Trinajstić information content (AvgIpc) is 2.39. The molecule has 4 nitrogen and oxygen atoms in total. The van der Waals surface area contributed by atoms with Crippen LogP contribution in [0.3, 0.4) is 0 Å². The van der Waals surface area contributed by atoms with Crippen LogP contribution in [0.15, 0.2) is 23.6 Å². The van der Waals surface area contributed by atoms with Crippen molar-refractivity contribution in [2.24, 2.45) is 0 Å². The number of aromatic nitrogens is 2. The van der Waals surface area contributed by atoms with Gasteiger partial charge in [0.25, 0.3) is 0 Å². The lowest BCUT2D eigenvalue weighted by atomic mass is 9.96. The van der Waals surface area contributed by atoms with E-state index in [0.29, 0.717) is 6.04 Å². The van der Waals surface area contributed by atoms with E-state index in [1.165, 1.54) is 0 Å². The molecule has 1 N–H and O–H groups in total. The molecule has 1 aromatic rings. The van der Waals surface area contributed by atoms with Crippen LogP contribution in [0.5, 0.6) is 0 Å². The number of rotatable bonds is 8. The summed E-state index contributed by atoms with van der Waals surface area (Å²) in [4.78, 5) is 8.06. The van der Waals surface area contributed by atoms with Gasteiger partial charge < -0.3 is 0 Å². The van der Waals surface area contributed by atoms with Crippen molar-refractivity contribution in [2.45, 2.75) is 56.6 Å². The molecular weight excluding hydrogens is 256 g/mol. The Bertz CT molecular complexity index is 402. The van der Waals surface area contributed by atoms with Gasteiger partial charge in [-0.05, 0) is 51.9 Å². The van der Waals surface area contributed by atoms with E-state index < -0.39 is 5.54 Å². The second-order valence-corrected chi connectivity index (χ2v) is 6.21. The lowest BCUT2D eigenvalue weighted by Crippen LogP contribution is -2.44. The molecule has 19 heavy (non-hydrogen) atoms. The summed E-state index contributed by atoms with van der Waals surface area (Å²) in [6.07, 6.45) is 6.34. The van der Waals surface area contributed by atoms with Gasteiger partial charge in [0, 0.05) is 12.2 Å². The summed E-state index contributed by atoms with van der Waals surface area (Å²) < 4.78 is 0. The summed E-state index contributed by atoms with van der Waals surface area (Å²) in [5, 5.41) is 13.6. The first-order valence-corrected chi connectivity index (χ1v) is 7.62. The van der Waals surface area contributed by atoms with E-state index in [9.17, 15) is 5.26 Å². The number of thioether (sulfide) groups is 1. The third-order valence-corrected chi connectivity index (χ3v) is 3.76. The van der Waals surface area contributed by atoms with E-state index in [1.54, 1.807) is 24.3 Å². The molecule has 0 amide bonds. The van der Waals surface area contributed by atoms with Gasteiger partial charge in [-0.25, -0.2) is 9.97 Å². The Labute approximate surface area is 120 Å². The third-order valence-electron chi connectivity index (χ3n) is 2.73. The molecule has 1 rings (SSSR count). The zero-order valence-electron chi connectivity index (χ0n) is 11.9. The van der Waals surface area contributed by atoms with Crippen LogP contribution in [-0.2, 0) is 0 Å². The van der Waals surface area contributed by atoms with Crippen LogP contribution in [-0.4, -0.2) is 27.3 Å². The van der Waals surface area contributed by atoms with E-state index in [4.69, 9.17) is 0 Å². The molecule has 0 aliphatic heterocycles. The minimum atomic E-state index is -0.409. The van der Waals surface area contributed by atoms with E-state index in [-0.39, 0.29) is 0 Å². The van der Waals surface area contributed by atoms with Crippen molar-refractivity contribution in [3.8, 4) is 6.07 Å². The second kappa shape index (κ2) is 8.13. The highest BCUT2D eigenvalue weighted by atomic mass is 32.2. The smallest absolute Gasteiger partial charge is 0.116 e. The van der Waals surface area contributed by atoms with Crippen molar-refractivity contribution in [1.29, 1.82) is 5.26 Å². The first-order valence-electron chi connectivity index (χ1n) is 6.63. The highest BCUT2D eigenvalue weighted by Crippen LogP contribution is 2.19. The largest absolute Gasteiger partial charge is 0.297 e. The fourth-order valence-electron chi connectivity index (χ4n) is 1.92. The molecule has 0 radical (unpaired) electrons. The van der Waals surface area contributed by atoms with Crippen LogP contribution in [0.4, 0.5) is 0 Å². The molecule has 0 saturated carbocycles. The minimum Gasteiger partial charge on any atom is -0.297 e. The second-order valence-electron chi connectivity index (χ2n) is 5.10. The third kappa shape index (κ3) is 6.55. The molecule has 0 aliphatic carbocycles. The molecular formula is C14H22N4S. The Morgan fingerprint density at radius 2 is 2.26 bits per heavy atom. The maximum Gasteiger partial charge on any atom is 0.116 e. The van der Waals surface area contributed by atoms with Crippen molar-refractivity contribution in [3.63, 3.8) is 0 Å². The molecule has 0 aromatic carbocycles. The Morgan fingerprint density at radius 3 is 2.84 bits per heavy atom. The summed E-state index contributed by atoms with van der Waals surface area (Å²) in [5.41, 5.74) is -0.409. The normalized spacial score (nSPS) is 14.1. The predicted molar refractivity (Wildman–Crippen MR) is 78.9 cm³/mol. The number of nitrogens with one attached hydrogen (secondary N) is 1. The fraction of sp³-hybridized carbons (Fsp3) is 0.643. The molecule has 1 aromatic heterocycles. The molecule has 0 aliphatic rings. The van der Waals surface area contributed by atoms with Gasteiger partial charge in [-0.2, -0.15) is 5.26 Å². The van der Waals surface area contributed by atoms with Gasteiger partial charge in [0.05, 0.1) is 11.1 Å². The highest BCUT2D eigenvalue weighted by molar-refractivity contribution is 7.99. The first-order chi connectivity index (χ1) is 9.06. The molecule has 1 heterocycles. The lowest BCUT2D eigenvalue weighted by molar-refractivity contribution is 0.372.